The highest BCUT2D eigenvalue weighted by molar-refractivity contribution is 6.83. The maximum Gasteiger partial charge on any atom is 0.129 e. The zero-order valence-electron chi connectivity index (χ0n) is 10.7. The summed E-state index contributed by atoms with van der Waals surface area (Å²) in [5, 5.41) is 0. The monoisotopic (exact) mass is 224 g/mol. The molecule has 0 aromatic heterocycles. The summed E-state index contributed by atoms with van der Waals surface area (Å²) in [5.74, 6) is 4.38. The lowest BCUT2D eigenvalue weighted by molar-refractivity contribution is 0.678. The first-order valence-electron chi connectivity index (χ1n) is 5.70. The molecule has 2 nitrogen and oxygen atoms in total. The molecule has 0 spiro atoms. The van der Waals surface area contributed by atoms with Gasteiger partial charge in [0.1, 0.15) is 8.07 Å². The van der Waals surface area contributed by atoms with Crippen molar-refractivity contribution in [1.29, 1.82) is 0 Å². The molecule has 0 heterocycles. The van der Waals surface area contributed by atoms with E-state index >= 15 is 0 Å². The van der Waals surface area contributed by atoms with E-state index in [1.165, 1.54) is 0 Å². The second kappa shape index (κ2) is 6.68. The van der Waals surface area contributed by atoms with Gasteiger partial charge in [-0.05, 0) is 13.3 Å². The van der Waals surface area contributed by atoms with E-state index in [-0.39, 0.29) is 0 Å². The van der Waals surface area contributed by atoms with Crippen molar-refractivity contribution in [3.8, 4) is 11.5 Å². The minimum Gasteiger partial charge on any atom is -0.387 e. The van der Waals surface area contributed by atoms with Crippen LogP contribution in [-0.2, 0) is 0 Å². The normalized spacial score (nSPS) is 14.3. The molecule has 15 heavy (non-hydrogen) atoms. The van der Waals surface area contributed by atoms with Gasteiger partial charge < -0.3 is 5.73 Å². The molecule has 0 rings (SSSR count). The van der Waals surface area contributed by atoms with Crippen LogP contribution in [0.1, 0.15) is 26.7 Å². The SMILES string of the molecule is CC/N=C(/N)C(CC)CC#C[Si](C)(C)C. The molecular weight excluding hydrogens is 200 g/mol. The van der Waals surface area contributed by atoms with Crippen LogP contribution in [0.5, 0.6) is 0 Å². The molecule has 0 radical (unpaired) electrons. The molecule has 0 aliphatic carbocycles. The molecule has 0 aliphatic heterocycles. The molecule has 0 aliphatic rings. The zero-order chi connectivity index (χ0) is 11.9. The fourth-order valence-electron chi connectivity index (χ4n) is 1.21. The summed E-state index contributed by atoms with van der Waals surface area (Å²) in [6, 6.07) is 0. The number of hydrogen-bond donors (Lipinski definition) is 1. The number of rotatable bonds is 4. The number of aliphatic imine (C=N–C) groups is 1. The molecule has 0 fully saturated rings. The summed E-state index contributed by atoms with van der Waals surface area (Å²) >= 11 is 0. The third-order valence-electron chi connectivity index (χ3n) is 2.06. The van der Waals surface area contributed by atoms with Crippen LogP contribution in [0, 0.1) is 17.4 Å². The summed E-state index contributed by atoms with van der Waals surface area (Å²) in [5.41, 5.74) is 9.24. The van der Waals surface area contributed by atoms with Crippen molar-refractivity contribution in [3.05, 3.63) is 0 Å². The van der Waals surface area contributed by atoms with Crippen molar-refractivity contribution in [2.45, 2.75) is 46.3 Å². The van der Waals surface area contributed by atoms with Gasteiger partial charge in [0.25, 0.3) is 0 Å². The van der Waals surface area contributed by atoms with Gasteiger partial charge in [-0.2, -0.15) is 0 Å². The largest absolute Gasteiger partial charge is 0.387 e. The molecule has 0 aromatic rings. The van der Waals surface area contributed by atoms with E-state index in [9.17, 15) is 0 Å². The Hall–Kier alpha value is -0.753. The first kappa shape index (κ1) is 14.2. The average molecular weight is 224 g/mol. The lowest BCUT2D eigenvalue weighted by atomic mass is 10.0. The second-order valence-corrected chi connectivity index (χ2v) is 9.51. The Kier molecular flexibility index (Phi) is 6.34. The molecule has 0 saturated carbocycles. The Morgan fingerprint density at radius 3 is 2.33 bits per heavy atom. The molecule has 0 saturated heterocycles. The van der Waals surface area contributed by atoms with Gasteiger partial charge in [0, 0.05) is 18.9 Å². The predicted octanol–water partition coefficient (Wildman–Crippen LogP) is 2.66. The van der Waals surface area contributed by atoms with Gasteiger partial charge in [-0.1, -0.05) is 26.6 Å². The van der Waals surface area contributed by atoms with E-state index in [4.69, 9.17) is 5.73 Å². The first-order chi connectivity index (χ1) is 6.90. The van der Waals surface area contributed by atoms with Crippen molar-refractivity contribution < 1.29 is 0 Å². The minimum absolute atomic E-state index is 0.341. The molecule has 2 N–H and O–H groups in total. The summed E-state index contributed by atoms with van der Waals surface area (Å²) in [7, 11) is -1.23. The van der Waals surface area contributed by atoms with Crippen LogP contribution in [-0.4, -0.2) is 20.5 Å². The topological polar surface area (TPSA) is 38.4 Å². The fourth-order valence-corrected chi connectivity index (χ4v) is 1.84. The van der Waals surface area contributed by atoms with E-state index in [1.54, 1.807) is 0 Å². The molecule has 0 bridgehead atoms. The van der Waals surface area contributed by atoms with Crippen LogP contribution in [0.3, 0.4) is 0 Å². The quantitative estimate of drug-likeness (QED) is 0.339. The summed E-state index contributed by atoms with van der Waals surface area (Å²) in [6.07, 6.45) is 1.88. The molecule has 3 heteroatoms. The third-order valence-corrected chi connectivity index (χ3v) is 2.99. The van der Waals surface area contributed by atoms with Crippen molar-refractivity contribution in [3.63, 3.8) is 0 Å². The summed E-state index contributed by atoms with van der Waals surface area (Å²) in [6.45, 7) is 11.7. The molecule has 1 atom stereocenters. The number of amidine groups is 1. The van der Waals surface area contributed by atoms with Gasteiger partial charge in [0.05, 0.1) is 5.84 Å². The van der Waals surface area contributed by atoms with Crippen molar-refractivity contribution >= 4 is 13.9 Å². The van der Waals surface area contributed by atoms with Crippen LogP contribution >= 0.6 is 0 Å². The lowest BCUT2D eigenvalue weighted by Gasteiger charge is -2.11. The van der Waals surface area contributed by atoms with Crippen LogP contribution in [0.15, 0.2) is 4.99 Å². The van der Waals surface area contributed by atoms with E-state index in [1.807, 2.05) is 6.92 Å². The van der Waals surface area contributed by atoms with Gasteiger partial charge in [-0.3, -0.25) is 4.99 Å². The number of hydrogen-bond acceptors (Lipinski definition) is 1. The van der Waals surface area contributed by atoms with Crippen molar-refractivity contribution in [2.24, 2.45) is 16.6 Å². The number of nitrogens with zero attached hydrogens (tertiary/aromatic N) is 1. The van der Waals surface area contributed by atoms with Crippen molar-refractivity contribution in [1.82, 2.24) is 0 Å². The van der Waals surface area contributed by atoms with E-state index < -0.39 is 8.07 Å². The minimum atomic E-state index is -1.23. The van der Waals surface area contributed by atoms with E-state index in [0.29, 0.717) is 5.92 Å². The van der Waals surface area contributed by atoms with Gasteiger partial charge >= 0.3 is 0 Å². The molecule has 0 aromatic carbocycles. The van der Waals surface area contributed by atoms with Gasteiger partial charge in [0.15, 0.2) is 0 Å². The summed E-state index contributed by atoms with van der Waals surface area (Å²) in [4.78, 5) is 4.25. The molecular formula is C12H24N2Si. The first-order valence-corrected chi connectivity index (χ1v) is 9.20. The van der Waals surface area contributed by atoms with Gasteiger partial charge in [0.2, 0.25) is 0 Å². The van der Waals surface area contributed by atoms with Gasteiger partial charge in [-0.25, -0.2) is 0 Å². The highest BCUT2D eigenvalue weighted by atomic mass is 28.3. The Morgan fingerprint density at radius 1 is 1.33 bits per heavy atom. The van der Waals surface area contributed by atoms with Gasteiger partial charge in [-0.15, -0.1) is 11.5 Å². The Bertz CT molecular complexity index is 266. The van der Waals surface area contributed by atoms with Crippen LogP contribution < -0.4 is 5.73 Å². The van der Waals surface area contributed by atoms with E-state index in [2.05, 4.69) is 43.0 Å². The molecule has 86 valence electrons. The average Bonchev–Trinajstić information content (AvgIpc) is 2.11. The second-order valence-electron chi connectivity index (χ2n) is 4.76. The standard InChI is InChI=1S/C12H24N2Si/c1-6-11(12(13)14-7-2)9-8-10-15(3,4)5/h11H,6-7,9H2,1-5H3,(H2,13,14). The Morgan fingerprint density at radius 2 is 1.93 bits per heavy atom. The number of nitrogens with two attached hydrogens (primary N) is 1. The smallest absolute Gasteiger partial charge is 0.129 e. The Balaban J connectivity index is 4.34. The summed E-state index contributed by atoms with van der Waals surface area (Å²) < 4.78 is 0. The highest BCUT2D eigenvalue weighted by Gasteiger charge is 2.10. The molecule has 1 unspecified atom stereocenters. The molecule has 0 amide bonds. The van der Waals surface area contributed by atoms with Crippen LogP contribution in [0.4, 0.5) is 0 Å². The third kappa shape index (κ3) is 7.21. The van der Waals surface area contributed by atoms with Crippen LogP contribution in [0.2, 0.25) is 19.6 Å². The Labute approximate surface area is 95.4 Å². The van der Waals surface area contributed by atoms with E-state index in [0.717, 1.165) is 25.2 Å². The zero-order valence-corrected chi connectivity index (χ0v) is 11.7. The van der Waals surface area contributed by atoms with Crippen LogP contribution in [0.25, 0.3) is 0 Å². The fraction of sp³-hybridized carbons (Fsp3) is 0.750. The highest BCUT2D eigenvalue weighted by Crippen LogP contribution is 2.08. The lowest BCUT2D eigenvalue weighted by Crippen LogP contribution is -2.23. The van der Waals surface area contributed by atoms with Crippen molar-refractivity contribution in [2.75, 3.05) is 6.54 Å². The maximum atomic E-state index is 5.88. The predicted molar refractivity (Wildman–Crippen MR) is 71.7 cm³/mol. The maximum absolute atomic E-state index is 5.88.